The second-order valence-electron chi connectivity index (χ2n) is 7.44. The monoisotopic (exact) mass is 311 g/mol. The smallest absolute Gasteiger partial charge is 0.230 e. The van der Waals surface area contributed by atoms with Crippen molar-refractivity contribution in [3.63, 3.8) is 0 Å². The van der Waals surface area contributed by atoms with Crippen LogP contribution >= 0.6 is 0 Å². The summed E-state index contributed by atoms with van der Waals surface area (Å²) in [5.41, 5.74) is -1.61. The quantitative estimate of drug-likeness (QED) is 0.781. The molecule has 4 rings (SSSR count). The highest BCUT2D eigenvalue weighted by Crippen LogP contribution is 2.61. The van der Waals surface area contributed by atoms with E-state index in [0.717, 1.165) is 56.9 Å². The minimum atomic E-state index is -1.16. The van der Waals surface area contributed by atoms with Crippen molar-refractivity contribution in [3.8, 4) is 0 Å². The fraction of sp³-hybridized carbons (Fsp3) is 0.550. The zero-order chi connectivity index (χ0) is 16.0. The van der Waals surface area contributed by atoms with E-state index in [4.69, 9.17) is 0 Å². The van der Waals surface area contributed by atoms with E-state index in [2.05, 4.69) is 17.5 Å². The molecule has 1 aromatic rings. The van der Waals surface area contributed by atoms with Crippen LogP contribution in [0.1, 0.15) is 56.9 Å². The molecule has 0 aromatic heterocycles. The molecule has 2 unspecified atom stereocenters. The Kier molecular flexibility index (Phi) is 3.38. The van der Waals surface area contributed by atoms with Crippen molar-refractivity contribution in [3.05, 3.63) is 48.0 Å². The molecule has 0 bridgehead atoms. The Balaban J connectivity index is 1.94. The van der Waals surface area contributed by atoms with Crippen molar-refractivity contribution in [2.75, 3.05) is 0 Å². The molecule has 0 radical (unpaired) electrons. The summed E-state index contributed by atoms with van der Waals surface area (Å²) in [5.74, 6) is 0.0510. The third kappa shape index (κ3) is 1.83. The number of hydrogen-bond acceptors (Lipinski definition) is 2. The molecule has 2 atom stereocenters. The van der Waals surface area contributed by atoms with Gasteiger partial charge in [-0.1, -0.05) is 61.7 Å². The third-order valence-corrected chi connectivity index (χ3v) is 6.35. The van der Waals surface area contributed by atoms with Gasteiger partial charge in [0.05, 0.1) is 11.0 Å². The van der Waals surface area contributed by atoms with E-state index >= 15 is 0 Å². The molecule has 2 aliphatic carbocycles. The van der Waals surface area contributed by atoms with Crippen molar-refractivity contribution in [1.82, 2.24) is 5.32 Å². The van der Waals surface area contributed by atoms with Crippen molar-refractivity contribution in [2.24, 2.45) is 5.41 Å². The summed E-state index contributed by atoms with van der Waals surface area (Å²) in [5, 5.41) is 15.4. The molecule has 1 amide bonds. The first-order valence-electron chi connectivity index (χ1n) is 8.93. The lowest BCUT2D eigenvalue weighted by Crippen LogP contribution is -2.59. The van der Waals surface area contributed by atoms with Crippen LogP contribution < -0.4 is 5.32 Å². The van der Waals surface area contributed by atoms with E-state index in [9.17, 15) is 9.90 Å². The van der Waals surface area contributed by atoms with Crippen LogP contribution in [0.4, 0.5) is 0 Å². The molecule has 2 fully saturated rings. The van der Waals surface area contributed by atoms with Gasteiger partial charge in [0, 0.05) is 0 Å². The standard InChI is InChI=1S/C20H25NO2/c22-17-18(12-6-2-7-13-18)20(23,16-10-4-1-5-11-16)19(21-17)14-8-3-9-15-19/h1,4-5,8,10-11,14,23H,2-3,6-7,9,12-13,15H2,(H,21,22). The number of amides is 1. The second-order valence-corrected chi connectivity index (χ2v) is 7.44. The predicted molar refractivity (Wildman–Crippen MR) is 89.7 cm³/mol. The van der Waals surface area contributed by atoms with Gasteiger partial charge in [0.25, 0.3) is 0 Å². The minimum Gasteiger partial charge on any atom is -0.381 e. The summed E-state index contributed by atoms with van der Waals surface area (Å²) in [6, 6.07) is 9.87. The molecular weight excluding hydrogens is 286 g/mol. The van der Waals surface area contributed by atoms with E-state index in [0.29, 0.717) is 0 Å². The van der Waals surface area contributed by atoms with Crippen molar-refractivity contribution < 1.29 is 9.90 Å². The Morgan fingerprint density at radius 3 is 2.35 bits per heavy atom. The summed E-state index contributed by atoms with van der Waals surface area (Å²) < 4.78 is 0. The van der Waals surface area contributed by atoms with Gasteiger partial charge in [0.2, 0.25) is 5.91 Å². The molecule has 2 spiro atoms. The van der Waals surface area contributed by atoms with Crippen LogP contribution in [0.3, 0.4) is 0 Å². The fourth-order valence-corrected chi connectivity index (χ4v) is 5.23. The van der Waals surface area contributed by atoms with Crippen LogP contribution in [0.25, 0.3) is 0 Å². The first kappa shape index (κ1) is 14.9. The Morgan fingerprint density at radius 2 is 1.70 bits per heavy atom. The zero-order valence-corrected chi connectivity index (χ0v) is 13.6. The van der Waals surface area contributed by atoms with Crippen LogP contribution in [0.2, 0.25) is 0 Å². The summed E-state index contributed by atoms with van der Waals surface area (Å²) in [6.07, 6.45) is 11.8. The fourth-order valence-electron chi connectivity index (χ4n) is 5.23. The molecule has 3 heteroatoms. The number of carbonyl (C=O) groups is 1. The number of hydrogen-bond donors (Lipinski definition) is 2. The summed E-state index contributed by atoms with van der Waals surface area (Å²) in [4.78, 5) is 13.1. The summed E-state index contributed by atoms with van der Waals surface area (Å²) in [7, 11) is 0. The van der Waals surface area contributed by atoms with Gasteiger partial charge in [-0.2, -0.15) is 0 Å². The maximum Gasteiger partial charge on any atom is 0.230 e. The molecule has 1 heterocycles. The molecule has 122 valence electrons. The molecular formula is C20H25NO2. The molecule has 3 nitrogen and oxygen atoms in total. The number of nitrogens with one attached hydrogen (secondary N) is 1. The van der Waals surface area contributed by atoms with Gasteiger partial charge >= 0.3 is 0 Å². The Hall–Kier alpha value is -1.61. The van der Waals surface area contributed by atoms with E-state index in [-0.39, 0.29) is 5.91 Å². The van der Waals surface area contributed by atoms with Gasteiger partial charge in [0.15, 0.2) is 0 Å². The van der Waals surface area contributed by atoms with Gasteiger partial charge in [-0.3, -0.25) is 4.79 Å². The van der Waals surface area contributed by atoms with Crippen molar-refractivity contribution in [1.29, 1.82) is 0 Å². The lowest BCUT2D eigenvalue weighted by Gasteiger charge is -2.50. The molecule has 1 saturated carbocycles. The topological polar surface area (TPSA) is 49.3 Å². The van der Waals surface area contributed by atoms with E-state index in [1.807, 2.05) is 30.3 Å². The second kappa shape index (κ2) is 5.20. The largest absolute Gasteiger partial charge is 0.381 e. The normalized spacial score (nSPS) is 35.6. The highest BCUT2D eigenvalue weighted by Gasteiger charge is 2.71. The number of allylic oxidation sites excluding steroid dienone is 1. The zero-order valence-electron chi connectivity index (χ0n) is 13.6. The maximum atomic E-state index is 13.1. The number of aliphatic hydroxyl groups is 1. The molecule has 23 heavy (non-hydrogen) atoms. The van der Waals surface area contributed by atoms with Gasteiger partial charge in [-0.15, -0.1) is 0 Å². The van der Waals surface area contributed by atoms with Crippen LogP contribution in [0, 0.1) is 5.41 Å². The number of rotatable bonds is 1. The first-order valence-corrected chi connectivity index (χ1v) is 8.93. The Labute approximate surface area is 137 Å². The van der Waals surface area contributed by atoms with Gasteiger partial charge in [0.1, 0.15) is 5.60 Å². The number of benzene rings is 1. The van der Waals surface area contributed by atoms with Crippen molar-refractivity contribution in [2.45, 2.75) is 62.5 Å². The van der Waals surface area contributed by atoms with E-state index in [1.165, 1.54) is 0 Å². The summed E-state index contributed by atoms with van der Waals surface area (Å²) in [6.45, 7) is 0. The summed E-state index contributed by atoms with van der Waals surface area (Å²) >= 11 is 0. The predicted octanol–water partition coefficient (Wildman–Crippen LogP) is 3.43. The molecule has 1 saturated heterocycles. The van der Waals surface area contributed by atoms with Crippen LogP contribution in [0.5, 0.6) is 0 Å². The average molecular weight is 311 g/mol. The van der Waals surface area contributed by atoms with E-state index in [1.54, 1.807) is 0 Å². The highest BCUT2D eigenvalue weighted by molar-refractivity contribution is 5.90. The lowest BCUT2D eigenvalue weighted by atomic mass is 9.56. The highest BCUT2D eigenvalue weighted by atomic mass is 16.3. The minimum absolute atomic E-state index is 0.0510. The van der Waals surface area contributed by atoms with Crippen LogP contribution in [-0.4, -0.2) is 16.6 Å². The lowest BCUT2D eigenvalue weighted by molar-refractivity contribution is -0.148. The Bertz CT molecular complexity index is 632. The third-order valence-electron chi connectivity index (χ3n) is 6.35. The molecule has 2 N–H and O–H groups in total. The number of carbonyl (C=O) groups excluding carboxylic acids is 1. The van der Waals surface area contributed by atoms with Crippen LogP contribution in [0.15, 0.2) is 42.5 Å². The van der Waals surface area contributed by atoms with Gasteiger partial charge in [-0.25, -0.2) is 0 Å². The van der Waals surface area contributed by atoms with Crippen LogP contribution in [-0.2, 0) is 10.4 Å². The molecule has 1 aromatic carbocycles. The van der Waals surface area contributed by atoms with Gasteiger partial charge in [-0.05, 0) is 37.7 Å². The van der Waals surface area contributed by atoms with Crippen molar-refractivity contribution >= 4 is 5.91 Å². The average Bonchev–Trinajstić information content (AvgIpc) is 2.77. The first-order chi connectivity index (χ1) is 11.1. The van der Waals surface area contributed by atoms with Gasteiger partial charge < -0.3 is 10.4 Å². The Morgan fingerprint density at radius 1 is 0.957 bits per heavy atom. The molecule has 3 aliphatic rings. The van der Waals surface area contributed by atoms with E-state index < -0.39 is 16.6 Å². The molecule has 1 aliphatic heterocycles. The SMILES string of the molecule is O=C1NC2(C=CCCC2)C(O)(c2ccccc2)C12CCCCC2. The maximum absolute atomic E-state index is 13.1.